The van der Waals surface area contributed by atoms with Crippen LogP contribution in [0.2, 0.25) is 0 Å². The van der Waals surface area contributed by atoms with Crippen molar-refractivity contribution in [2.75, 3.05) is 26.4 Å². The van der Waals surface area contributed by atoms with Crippen LogP contribution in [0, 0.1) is 16.7 Å². The maximum atomic E-state index is 12.5. The summed E-state index contributed by atoms with van der Waals surface area (Å²) in [5.41, 5.74) is 0.255. The van der Waals surface area contributed by atoms with Crippen molar-refractivity contribution in [3.8, 4) is 5.75 Å². The predicted molar refractivity (Wildman–Crippen MR) is 147 cm³/mol. The molecule has 2 aromatic rings. The van der Waals surface area contributed by atoms with Crippen molar-refractivity contribution in [3.63, 3.8) is 0 Å². The molecule has 0 heterocycles. The Kier molecular flexibility index (Phi) is 10.8. The molecule has 3 unspecified atom stereocenters. The average molecular weight is 540 g/mol. The summed E-state index contributed by atoms with van der Waals surface area (Å²) in [5, 5.41) is 2.88. The minimum absolute atomic E-state index is 0.0128. The Bertz CT molecular complexity index is 1070. The molecule has 0 spiro atoms. The van der Waals surface area contributed by atoms with Crippen molar-refractivity contribution in [1.29, 1.82) is 0 Å². The van der Waals surface area contributed by atoms with Crippen LogP contribution in [0.1, 0.15) is 63.7 Å². The second-order valence-corrected chi connectivity index (χ2v) is 11.5. The second kappa shape index (κ2) is 14.0. The molecular weight excluding hydrogens is 498 g/mol. The van der Waals surface area contributed by atoms with Gasteiger partial charge in [-0.2, -0.15) is 0 Å². The van der Waals surface area contributed by atoms with E-state index in [2.05, 4.69) is 26.1 Å². The first kappa shape index (κ1) is 30.0. The van der Waals surface area contributed by atoms with Gasteiger partial charge in [0.15, 0.2) is 0 Å². The van der Waals surface area contributed by atoms with E-state index in [4.69, 9.17) is 18.9 Å². The molecule has 3 rings (SSSR count). The van der Waals surface area contributed by atoms with Gasteiger partial charge in [0.1, 0.15) is 31.7 Å². The summed E-state index contributed by atoms with van der Waals surface area (Å²) in [4.78, 5) is 37.1. The highest BCUT2D eigenvalue weighted by Gasteiger charge is 2.42. The highest BCUT2D eigenvalue weighted by atomic mass is 16.6. The molecule has 0 saturated heterocycles. The molecule has 0 bridgehead atoms. The normalized spacial score (nSPS) is 20.8. The van der Waals surface area contributed by atoms with Crippen LogP contribution in [0.25, 0.3) is 0 Å². The molecule has 1 saturated carbocycles. The summed E-state index contributed by atoms with van der Waals surface area (Å²) < 4.78 is 21.6. The van der Waals surface area contributed by atoms with Gasteiger partial charge < -0.3 is 24.3 Å². The van der Waals surface area contributed by atoms with Crippen LogP contribution in [0.15, 0.2) is 60.7 Å². The van der Waals surface area contributed by atoms with Gasteiger partial charge in [0, 0.05) is 13.0 Å². The van der Waals surface area contributed by atoms with Crippen LogP contribution in [0.3, 0.4) is 0 Å². The van der Waals surface area contributed by atoms with Crippen LogP contribution in [-0.4, -0.2) is 50.5 Å². The standard InChI is InChI=1S/C31H41NO7/c1-23(20-38-28(34)25-11-7-5-8-12-25)39-29(35)32-22-31(4)19-24(18-30(2,3)21-31)17-27(33)37-16-15-36-26-13-9-6-10-14-26/h5-14,23-24H,15-22H2,1-4H3,(H,32,35). The Balaban J connectivity index is 1.39. The van der Waals surface area contributed by atoms with Gasteiger partial charge in [0.25, 0.3) is 0 Å². The average Bonchev–Trinajstić information content (AvgIpc) is 2.88. The lowest BCUT2D eigenvalue weighted by Crippen LogP contribution is -2.44. The summed E-state index contributed by atoms with van der Waals surface area (Å²) in [7, 11) is 0. The number of nitrogens with one attached hydrogen (secondary N) is 1. The number of para-hydroxylation sites is 1. The molecule has 0 aromatic heterocycles. The largest absolute Gasteiger partial charge is 0.490 e. The number of esters is 2. The minimum Gasteiger partial charge on any atom is -0.490 e. The third-order valence-electron chi connectivity index (χ3n) is 6.77. The summed E-state index contributed by atoms with van der Waals surface area (Å²) in [6.07, 6.45) is 1.78. The van der Waals surface area contributed by atoms with Gasteiger partial charge in [-0.1, -0.05) is 57.2 Å². The highest BCUT2D eigenvalue weighted by Crippen LogP contribution is 2.49. The SMILES string of the molecule is CC(COC(=O)c1ccccc1)OC(=O)NCC1(C)CC(CC(=O)OCCOc2ccccc2)CC(C)(C)C1. The van der Waals surface area contributed by atoms with Crippen molar-refractivity contribution in [2.24, 2.45) is 16.7 Å². The van der Waals surface area contributed by atoms with Crippen LogP contribution >= 0.6 is 0 Å². The summed E-state index contributed by atoms with van der Waals surface area (Å²) in [6, 6.07) is 18.1. The van der Waals surface area contributed by atoms with E-state index < -0.39 is 18.2 Å². The smallest absolute Gasteiger partial charge is 0.407 e. The lowest BCUT2D eigenvalue weighted by Gasteiger charge is -2.46. The number of alkyl carbamates (subject to hydrolysis) is 1. The molecular formula is C31H41NO7. The lowest BCUT2D eigenvalue weighted by atomic mass is 9.60. The first-order valence-electron chi connectivity index (χ1n) is 13.5. The first-order valence-corrected chi connectivity index (χ1v) is 13.5. The van der Waals surface area contributed by atoms with Crippen molar-refractivity contribution < 1.29 is 33.3 Å². The Hall–Kier alpha value is -3.55. The Labute approximate surface area is 231 Å². The van der Waals surface area contributed by atoms with E-state index in [9.17, 15) is 14.4 Å². The zero-order valence-corrected chi connectivity index (χ0v) is 23.4. The molecule has 212 valence electrons. The van der Waals surface area contributed by atoms with Gasteiger partial charge in [-0.15, -0.1) is 0 Å². The van der Waals surface area contributed by atoms with Crippen LogP contribution in [0.5, 0.6) is 5.75 Å². The molecule has 0 aliphatic heterocycles. The van der Waals surface area contributed by atoms with E-state index in [1.54, 1.807) is 31.2 Å². The summed E-state index contributed by atoms with van der Waals surface area (Å²) >= 11 is 0. The molecule has 1 aliphatic rings. The first-order chi connectivity index (χ1) is 18.5. The van der Waals surface area contributed by atoms with E-state index >= 15 is 0 Å². The molecule has 1 N–H and O–H groups in total. The quantitative estimate of drug-likeness (QED) is 0.207. The number of carbonyl (C=O) groups is 3. The van der Waals surface area contributed by atoms with Crippen molar-refractivity contribution in [3.05, 3.63) is 66.2 Å². The predicted octanol–water partition coefficient (Wildman–Crippen LogP) is 5.80. The van der Waals surface area contributed by atoms with Gasteiger partial charge in [-0.05, 0) is 67.2 Å². The topological polar surface area (TPSA) is 100 Å². The number of carbonyl (C=O) groups excluding carboxylic acids is 3. The third-order valence-corrected chi connectivity index (χ3v) is 6.77. The number of hydrogen-bond donors (Lipinski definition) is 1. The number of benzene rings is 2. The van der Waals surface area contributed by atoms with E-state index in [0.717, 1.165) is 25.0 Å². The van der Waals surface area contributed by atoms with Crippen LogP contribution in [0.4, 0.5) is 4.79 Å². The van der Waals surface area contributed by atoms with E-state index in [1.807, 2.05) is 36.4 Å². The van der Waals surface area contributed by atoms with E-state index in [0.29, 0.717) is 25.1 Å². The highest BCUT2D eigenvalue weighted by molar-refractivity contribution is 5.89. The second-order valence-electron chi connectivity index (χ2n) is 11.5. The van der Waals surface area contributed by atoms with Crippen LogP contribution in [-0.2, 0) is 19.0 Å². The van der Waals surface area contributed by atoms with Crippen LogP contribution < -0.4 is 10.1 Å². The number of hydrogen-bond acceptors (Lipinski definition) is 7. The fourth-order valence-corrected chi connectivity index (χ4v) is 5.65. The number of amides is 1. The molecule has 0 radical (unpaired) electrons. The third kappa shape index (κ3) is 10.6. The zero-order chi connectivity index (χ0) is 28.3. The lowest BCUT2D eigenvalue weighted by molar-refractivity contribution is -0.146. The molecule has 1 fully saturated rings. The van der Waals surface area contributed by atoms with Gasteiger partial charge >= 0.3 is 18.0 Å². The fourth-order valence-electron chi connectivity index (χ4n) is 5.65. The molecule has 39 heavy (non-hydrogen) atoms. The molecule has 8 nitrogen and oxygen atoms in total. The number of ether oxygens (including phenoxy) is 4. The summed E-state index contributed by atoms with van der Waals surface area (Å²) in [5.74, 6) is 0.196. The van der Waals surface area contributed by atoms with Gasteiger partial charge in [0.2, 0.25) is 0 Å². The molecule has 2 aromatic carbocycles. The van der Waals surface area contributed by atoms with Gasteiger partial charge in [0.05, 0.1) is 5.56 Å². The Morgan fingerprint density at radius 3 is 2.28 bits per heavy atom. The Morgan fingerprint density at radius 1 is 0.923 bits per heavy atom. The minimum atomic E-state index is -0.596. The maximum Gasteiger partial charge on any atom is 0.407 e. The number of rotatable bonds is 12. The van der Waals surface area contributed by atoms with Crippen molar-refractivity contribution >= 4 is 18.0 Å². The molecule has 1 amide bonds. The molecule has 1 aliphatic carbocycles. The summed E-state index contributed by atoms with van der Waals surface area (Å²) in [6.45, 7) is 9.08. The molecule has 3 atom stereocenters. The van der Waals surface area contributed by atoms with Crippen molar-refractivity contribution in [2.45, 2.75) is 59.5 Å². The van der Waals surface area contributed by atoms with Gasteiger partial charge in [-0.3, -0.25) is 4.79 Å². The van der Waals surface area contributed by atoms with E-state index in [-0.39, 0.29) is 35.9 Å². The molecule has 8 heteroatoms. The Morgan fingerprint density at radius 2 is 1.59 bits per heavy atom. The van der Waals surface area contributed by atoms with E-state index in [1.165, 1.54) is 0 Å². The fraction of sp³-hybridized carbons (Fsp3) is 0.516. The van der Waals surface area contributed by atoms with Gasteiger partial charge in [-0.25, -0.2) is 9.59 Å². The maximum absolute atomic E-state index is 12.5. The monoisotopic (exact) mass is 539 g/mol. The van der Waals surface area contributed by atoms with Crippen molar-refractivity contribution in [1.82, 2.24) is 5.32 Å². The zero-order valence-electron chi connectivity index (χ0n) is 23.4.